The Bertz CT molecular complexity index is 1330. The van der Waals surface area contributed by atoms with Gasteiger partial charge in [-0.25, -0.2) is 8.42 Å². The van der Waals surface area contributed by atoms with Gasteiger partial charge in [0.25, 0.3) is 0 Å². The van der Waals surface area contributed by atoms with E-state index in [0.29, 0.717) is 16.7 Å². The van der Waals surface area contributed by atoms with Crippen LogP contribution in [0.15, 0.2) is 71.8 Å². The minimum Gasteiger partial charge on any atom is -0.324 e. The smallest absolute Gasteiger partial charge is 0.225 e. The van der Waals surface area contributed by atoms with Crippen LogP contribution in [0.1, 0.15) is 12.1 Å². The van der Waals surface area contributed by atoms with Crippen LogP contribution in [0.2, 0.25) is 0 Å². The van der Waals surface area contributed by atoms with Crippen LogP contribution in [0, 0.1) is 6.92 Å². The molecule has 4 aromatic rings. The molecular weight excluding hydrogens is 386 g/mol. The molecule has 0 unspecified atom stereocenters. The summed E-state index contributed by atoms with van der Waals surface area (Å²) in [5.41, 5.74) is 2.51. The Labute approximate surface area is 168 Å². The predicted molar refractivity (Wildman–Crippen MR) is 114 cm³/mol. The van der Waals surface area contributed by atoms with Crippen molar-refractivity contribution < 1.29 is 13.2 Å². The Kier molecular flexibility index (Phi) is 4.98. The molecule has 2 heterocycles. The summed E-state index contributed by atoms with van der Waals surface area (Å²) in [7, 11) is -3.66. The van der Waals surface area contributed by atoms with E-state index in [-0.39, 0.29) is 23.0 Å². The highest BCUT2D eigenvalue weighted by Gasteiger charge is 2.20. The number of carbonyl (C=O) groups excluding carboxylic acids is 1. The summed E-state index contributed by atoms with van der Waals surface area (Å²) in [6.07, 6.45) is 1.40. The van der Waals surface area contributed by atoms with Crippen molar-refractivity contribution in [1.29, 1.82) is 0 Å². The van der Waals surface area contributed by atoms with Crippen LogP contribution in [0.5, 0.6) is 0 Å². The minimum atomic E-state index is -3.66. The number of para-hydroxylation sites is 2. The summed E-state index contributed by atoms with van der Waals surface area (Å²) >= 11 is 0. The first-order valence-corrected chi connectivity index (χ1v) is 10.8. The van der Waals surface area contributed by atoms with Crippen LogP contribution in [0.25, 0.3) is 21.8 Å². The SMILES string of the molecule is Cc1ccc2cccc(NC(=O)CCS(=O)(=O)c3cccc4cccnc34)c2n1. The van der Waals surface area contributed by atoms with Gasteiger partial charge in [0.05, 0.1) is 27.4 Å². The van der Waals surface area contributed by atoms with Crippen LogP contribution < -0.4 is 5.32 Å². The second-order valence-corrected chi connectivity index (χ2v) is 8.86. The highest BCUT2D eigenvalue weighted by Crippen LogP contribution is 2.24. The summed E-state index contributed by atoms with van der Waals surface area (Å²) in [6.45, 7) is 1.88. The summed E-state index contributed by atoms with van der Waals surface area (Å²) in [4.78, 5) is 21.3. The lowest BCUT2D eigenvalue weighted by atomic mass is 10.1. The molecule has 1 N–H and O–H groups in total. The van der Waals surface area contributed by atoms with E-state index in [0.717, 1.165) is 16.5 Å². The van der Waals surface area contributed by atoms with Crippen molar-refractivity contribution in [3.63, 3.8) is 0 Å². The maximum Gasteiger partial charge on any atom is 0.225 e. The number of aryl methyl sites for hydroxylation is 1. The van der Waals surface area contributed by atoms with Gasteiger partial charge in [-0.1, -0.05) is 36.4 Å². The minimum absolute atomic E-state index is 0.144. The van der Waals surface area contributed by atoms with E-state index in [2.05, 4.69) is 15.3 Å². The number of aromatic nitrogens is 2. The number of amides is 1. The molecule has 0 aliphatic rings. The number of sulfone groups is 1. The van der Waals surface area contributed by atoms with Gasteiger partial charge >= 0.3 is 0 Å². The normalized spacial score (nSPS) is 11.6. The van der Waals surface area contributed by atoms with Crippen molar-refractivity contribution in [3.05, 3.63) is 72.6 Å². The number of pyridine rings is 2. The maximum atomic E-state index is 12.8. The first kappa shape index (κ1) is 19.0. The van der Waals surface area contributed by atoms with Crippen LogP contribution in [-0.4, -0.2) is 30.0 Å². The zero-order valence-electron chi connectivity index (χ0n) is 15.8. The highest BCUT2D eigenvalue weighted by atomic mass is 32.2. The Balaban J connectivity index is 1.53. The number of carbonyl (C=O) groups is 1. The predicted octanol–water partition coefficient (Wildman–Crippen LogP) is 3.89. The van der Waals surface area contributed by atoms with E-state index in [4.69, 9.17) is 0 Å². The summed E-state index contributed by atoms with van der Waals surface area (Å²) in [6, 6.07) is 17.9. The Hall–Kier alpha value is -3.32. The molecule has 0 bridgehead atoms. The molecule has 0 atom stereocenters. The van der Waals surface area contributed by atoms with Crippen LogP contribution in [-0.2, 0) is 14.6 Å². The van der Waals surface area contributed by atoms with Gasteiger partial charge in [0.1, 0.15) is 0 Å². The third kappa shape index (κ3) is 3.95. The molecule has 6 nitrogen and oxygen atoms in total. The molecule has 2 aromatic carbocycles. The van der Waals surface area contributed by atoms with Gasteiger partial charge in [0.15, 0.2) is 9.84 Å². The first-order chi connectivity index (χ1) is 13.9. The summed E-state index contributed by atoms with van der Waals surface area (Å²) < 4.78 is 25.7. The van der Waals surface area contributed by atoms with Crippen LogP contribution >= 0.6 is 0 Å². The van der Waals surface area contributed by atoms with Gasteiger partial charge in [-0.05, 0) is 31.2 Å². The van der Waals surface area contributed by atoms with Gasteiger partial charge in [-0.15, -0.1) is 0 Å². The number of hydrogen-bond acceptors (Lipinski definition) is 5. The van der Waals surface area contributed by atoms with E-state index in [1.165, 1.54) is 6.07 Å². The zero-order valence-corrected chi connectivity index (χ0v) is 16.6. The lowest BCUT2D eigenvalue weighted by Gasteiger charge is -2.10. The van der Waals surface area contributed by atoms with Crippen LogP contribution in [0.4, 0.5) is 5.69 Å². The molecule has 29 heavy (non-hydrogen) atoms. The highest BCUT2D eigenvalue weighted by molar-refractivity contribution is 7.91. The van der Waals surface area contributed by atoms with E-state index in [9.17, 15) is 13.2 Å². The number of fused-ring (bicyclic) bond motifs is 2. The summed E-state index contributed by atoms with van der Waals surface area (Å²) in [5.74, 6) is -0.677. The van der Waals surface area contributed by atoms with Gasteiger partial charge < -0.3 is 5.32 Å². The average molecular weight is 405 g/mol. The maximum absolute atomic E-state index is 12.8. The molecule has 2 aromatic heterocycles. The largest absolute Gasteiger partial charge is 0.324 e. The molecule has 0 aliphatic heterocycles. The topological polar surface area (TPSA) is 89.0 Å². The van der Waals surface area contributed by atoms with Gasteiger partial charge in [0, 0.05) is 29.1 Å². The van der Waals surface area contributed by atoms with E-state index >= 15 is 0 Å². The van der Waals surface area contributed by atoms with Gasteiger partial charge in [-0.3, -0.25) is 14.8 Å². The zero-order chi connectivity index (χ0) is 20.4. The molecule has 0 saturated heterocycles. The third-order valence-electron chi connectivity index (χ3n) is 4.66. The van der Waals surface area contributed by atoms with E-state index in [1.807, 2.05) is 43.3 Å². The fourth-order valence-corrected chi connectivity index (χ4v) is 4.65. The number of anilines is 1. The molecule has 0 radical (unpaired) electrons. The first-order valence-electron chi connectivity index (χ1n) is 9.17. The Morgan fingerprint density at radius 1 is 0.931 bits per heavy atom. The second-order valence-electron chi connectivity index (χ2n) is 6.78. The van der Waals surface area contributed by atoms with E-state index in [1.54, 1.807) is 24.4 Å². The lowest BCUT2D eigenvalue weighted by molar-refractivity contribution is -0.115. The molecule has 1 amide bonds. The molecule has 0 fully saturated rings. The molecular formula is C22H19N3O3S. The molecule has 4 rings (SSSR count). The fraction of sp³-hybridized carbons (Fsp3) is 0.136. The number of hydrogen-bond donors (Lipinski definition) is 1. The van der Waals surface area contributed by atoms with Crippen molar-refractivity contribution >= 4 is 43.2 Å². The molecule has 7 heteroatoms. The average Bonchev–Trinajstić information content (AvgIpc) is 2.72. The monoisotopic (exact) mass is 405 g/mol. The van der Waals surface area contributed by atoms with Gasteiger partial charge in [-0.2, -0.15) is 0 Å². The van der Waals surface area contributed by atoms with Crippen molar-refractivity contribution in [2.24, 2.45) is 0 Å². The standard InChI is InChI=1S/C22H19N3O3S/c1-15-10-11-17-5-2-8-18(21(17)24-15)25-20(26)12-14-29(27,28)19-9-3-6-16-7-4-13-23-22(16)19/h2-11,13H,12,14H2,1H3,(H,25,26). The van der Waals surface area contributed by atoms with Crippen molar-refractivity contribution in [2.75, 3.05) is 11.1 Å². The molecule has 0 spiro atoms. The Morgan fingerprint density at radius 2 is 1.66 bits per heavy atom. The van der Waals surface area contributed by atoms with E-state index < -0.39 is 9.84 Å². The van der Waals surface area contributed by atoms with Gasteiger partial charge in [0.2, 0.25) is 5.91 Å². The molecule has 0 saturated carbocycles. The van der Waals surface area contributed by atoms with Crippen LogP contribution in [0.3, 0.4) is 0 Å². The van der Waals surface area contributed by atoms with Crippen molar-refractivity contribution in [2.45, 2.75) is 18.2 Å². The summed E-state index contributed by atoms with van der Waals surface area (Å²) in [5, 5.41) is 4.44. The fourth-order valence-electron chi connectivity index (χ4n) is 3.22. The number of nitrogens with zero attached hydrogens (tertiary/aromatic N) is 2. The second kappa shape index (κ2) is 7.60. The molecule has 0 aliphatic carbocycles. The van der Waals surface area contributed by atoms with Crippen molar-refractivity contribution in [3.8, 4) is 0 Å². The number of rotatable bonds is 5. The lowest BCUT2D eigenvalue weighted by Crippen LogP contribution is -2.18. The van der Waals surface area contributed by atoms with Crippen molar-refractivity contribution in [1.82, 2.24) is 9.97 Å². The Morgan fingerprint density at radius 3 is 2.48 bits per heavy atom. The third-order valence-corrected chi connectivity index (χ3v) is 6.40. The molecule has 146 valence electrons. The quantitative estimate of drug-likeness (QED) is 0.544. The number of benzene rings is 2. The number of nitrogens with one attached hydrogen (secondary N) is 1.